The second-order valence-corrected chi connectivity index (χ2v) is 8.23. The number of esters is 1. The van der Waals surface area contributed by atoms with Crippen molar-refractivity contribution < 1.29 is 23.9 Å². The zero-order valence-corrected chi connectivity index (χ0v) is 16.9. The number of methoxy groups -OCH3 is 1. The van der Waals surface area contributed by atoms with E-state index >= 15 is 0 Å². The van der Waals surface area contributed by atoms with Crippen LogP contribution in [0.4, 0.5) is 5.95 Å². The molecular weight excluding hydrogens is 374 g/mol. The lowest BCUT2D eigenvalue weighted by Crippen LogP contribution is -2.42. The van der Waals surface area contributed by atoms with E-state index in [9.17, 15) is 9.90 Å². The highest BCUT2D eigenvalue weighted by molar-refractivity contribution is 5.89. The highest BCUT2D eigenvalue weighted by Crippen LogP contribution is 2.39. The van der Waals surface area contributed by atoms with Crippen molar-refractivity contribution >= 4 is 11.9 Å². The Balaban J connectivity index is 1.42. The van der Waals surface area contributed by atoms with Crippen molar-refractivity contribution in [1.82, 2.24) is 10.1 Å². The van der Waals surface area contributed by atoms with Crippen LogP contribution in [-0.4, -0.2) is 53.6 Å². The van der Waals surface area contributed by atoms with Gasteiger partial charge >= 0.3 is 5.97 Å². The zero-order valence-electron chi connectivity index (χ0n) is 16.9. The summed E-state index contributed by atoms with van der Waals surface area (Å²) >= 11 is 0. The van der Waals surface area contributed by atoms with Gasteiger partial charge in [-0.2, -0.15) is 4.98 Å². The Labute approximate surface area is 169 Å². The van der Waals surface area contributed by atoms with E-state index in [1.54, 1.807) is 24.3 Å². The summed E-state index contributed by atoms with van der Waals surface area (Å²) in [5.41, 5.74) is 0.429. The van der Waals surface area contributed by atoms with E-state index in [1.807, 2.05) is 13.8 Å². The van der Waals surface area contributed by atoms with Gasteiger partial charge in [-0.3, -0.25) is 0 Å². The fourth-order valence-corrected chi connectivity index (χ4v) is 4.26. The monoisotopic (exact) mass is 401 g/mol. The number of nitrogens with zero attached hydrogens (tertiary/aromatic N) is 3. The van der Waals surface area contributed by atoms with Crippen LogP contribution in [0.1, 0.15) is 48.9 Å². The molecule has 0 radical (unpaired) electrons. The number of fused-ring (bicyclic) bond motifs is 1. The Morgan fingerprint density at radius 1 is 1.28 bits per heavy atom. The molecule has 0 spiro atoms. The van der Waals surface area contributed by atoms with Crippen molar-refractivity contribution in [3.63, 3.8) is 0 Å². The minimum Gasteiger partial charge on any atom is -0.488 e. The number of ether oxygens (including phenoxy) is 2. The maximum Gasteiger partial charge on any atom is 0.337 e. The van der Waals surface area contributed by atoms with E-state index in [2.05, 4.69) is 15.0 Å². The lowest BCUT2D eigenvalue weighted by atomic mass is 9.78. The molecule has 1 aliphatic heterocycles. The van der Waals surface area contributed by atoms with Gasteiger partial charge in [0.1, 0.15) is 11.9 Å². The van der Waals surface area contributed by atoms with E-state index in [4.69, 9.17) is 14.0 Å². The van der Waals surface area contributed by atoms with Gasteiger partial charge in [0.15, 0.2) is 0 Å². The van der Waals surface area contributed by atoms with E-state index in [-0.39, 0.29) is 12.0 Å². The normalized spacial score (nSPS) is 26.4. The summed E-state index contributed by atoms with van der Waals surface area (Å²) in [6, 6.07) is 6.87. The summed E-state index contributed by atoms with van der Waals surface area (Å²) in [7, 11) is 1.35. The van der Waals surface area contributed by atoms with E-state index < -0.39 is 12.1 Å². The highest BCUT2D eigenvalue weighted by Gasteiger charge is 2.43. The average Bonchev–Trinajstić information content (AvgIpc) is 3.35. The number of carbonyl (C=O) groups is 1. The third-order valence-electron chi connectivity index (χ3n) is 5.84. The van der Waals surface area contributed by atoms with Crippen LogP contribution in [0, 0.1) is 11.8 Å². The highest BCUT2D eigenvalue weighted by atomic mass is 16.5. The first kappa shape index (κ1) is 19.7. The molecular formula is C21H27N3O5. The molecule has 2 aromatic rings. The van der Waals surface area contributed by atoms with Gasteiger partial charge in [-0.05, 0) is 48.0 Å². The number of aliphatic hydroxyl groups excluding tert-OH is 1. The first-order valence-corrected chi connectivity index (χ1v) is 10.1. The molecule has 8 heteroatoms. The van der Waals surface area contributed by atoms with Crippen molar-refractivity contribution in [3.8, 4) is 5.75 Å². The number of rotatable bonds is 5. The number of aromatic nitrogens is 2. The van der Waals surface area contributed by atoms with Crippen LogP contribution in [0.2, 0.25) is 0 Å². The quantitative estimate of drug-likeness (QED) is 0.764. The number of anilines is 1. The molecule has 0 unspecified atom stereocenters. The minimum absolute atomic E-state index is 0.196. The van der Waals surface area contributed by atoms with Crippen LogP contribution in [0.25, 0.3) is 0 Å². The van der Waals surface area contributed by atoms with Gasteiger partial charge in [0.2, 0.25) is 5.89 Å². The van der Waals surface area contributed by atoms with Crippen LogP contribution in [0.5, 0.6) is 5.75 Å². The predicted octanol–water partition coefficient (Wildman–Crippen LogP) is 2.63. The molecule has 4 atom stereocenters. The minimum atomic E-state index is -0.561. The van der Waals surface area contributed by atoms with Gasteiger partial charge in [0.25, 0.3) is 5.95 Å². The molecule has 1 aliphatic carbocycles. The van der Waals surface area contributed by atoms with Gasteiger partial charge in [0, 0.05) is 19.0 Å². The summed E-state index contributed by atoms with van der Waals surface area (Å²) in [5.74, 6) is 2.36. The lowest BCUT2D eigenvalue weighted by Gasteiger charge is -2.35. The van der Waals surface area contributed by atoms with Crippen molar-refractivity contribution in [2.24, 2.45) is 11.8 Å². The summed E-state index contributed by atoms with van der Waals surface area (Å²) < 4.78 is 16.2. The molecule has 156 valence electrons. The van der Waals surface area contributed by atoms with Crippen LogP contribution < -0.4 is 9.64 Å². The molecule has 8 nitrogen and oxygen atoms in total. The Kier molecular flexibility index (Phi) is 5.45. The van der Waals surface area contributed by atoms with E-state index in [0.717, 1.165) is 19.5 Å². The van der Waals surface area contributed by atoms with Gasteiger partial charge in [-0.1, -0.05) is 19.9 Å². The Hall–Kier alpha value is -2.61. The van der Waals surface area contributed by atoms with Crippen LogP contribution in [0.3, 0.4) is 0 Å². The Bertz CT molecular complexity index is 868. The first-order valence-electron chi connectivity index (χ1n) is 10.1. The van der Waals surface area contributed by atoms with Gasteiger partial charge in [0.05, 0.1) is 18.8 Å². The molecule has 1 saturated carbocycles. The number of carbonyl (C=O) groups excluding carboxylic acids is 1. The topological polar surface area (TPSA) is 97.9 Å². The Morgan fingerprint density at radius 3 is 2.72 bits per heavy atom. The van der Waals surface area contributed by atoms with Crippen molar-refractivity contribution in [2.75, 3.05) is 25.1 Å². The molecule has 0 bridgehead atoms. The molecule has 1 N–H and O–H groups in total. The molecule has 0 amide bonds. The van der Waals surface area contributed by atoms with Crippen molar-refractivity contribution in [2.45, 2.75) is 44.8 Å². The van der Waals surface area contributed by atoms with Crippen LogP contribution in [0.15, 0.2) is 28.8 Å². The maximum atomic E-state index is 11.7. The first-order chi connectivity index (χ1) is 13.9. The number of hydrogen-bond acceptors (Lipinski definition) is 8. The van der Waals surface area contributed by atoms with Crippen LogP contribution >= 0.6 is 0 Å². The molecule has 4 rings (SSSR count). The van der Waals surface area contributed by atoms with Crippen molar-refractivity contribution in [3.05, 3.63) is 35.7 Å². The smallest absolute Gasteiger partial charge is 0.337 e. The average molecular weight is 401 g/mol. The lowest BCUT2D eigenvalue weighted by molar-refractivity contribution is -0.0231. The number of benzene rings is 1. The summed E-state index contributed by atoms with van der Waals surface area (Å²) in [6.07, 6.45) is 0.520. The third kappa shape index (κ3) is 4.07. The third-order valence-corrected chi connectivity index (χ3v) is 5.84. The fourth-order valence-electron chi connectivity index (χ4n) is 4.26. The zero-order chi connectivity index (χ0) is 20.5. The fraction of sp³-hybridized carbons (Fsp3) is 0.571. The summed E-state index contributed by atoms with van der Waals surface area (Å²) in [6.45, 7) is 5.67. The van der Waals surface area contributed by atoms with Gasteiger partial charge in [-0.25, -0.2) is 4.79 Å². The van der Waals surface area contributed by atoms with Crippen LogP contribution in [-0.2, 0) is 4.74 Å². The molecule has 2 heterocycles. The Morgan fingerprint density at radius 2 is 2.03 bits per heavy atom. The van der Waals surface area contributed by atoms with Crippen molar-refractivity contribution in [1.29, 1.82) is 0 Å². The molecule has 1 aromatic carbocycles. The standard InChI is InChI=1S/C21H27N3O5/c1-12(2)19-22-21(23-29-19)24-10-14-8-17(25)18(9-15(14)11-24)28-16-6-4-5-13(7-16)20(26)27-3/h4-7,12,14-15,17-18,25H,8-11H2,1-3H3/t14-,15+,17+,18+/m0/s1. The van der Waals surface area contributed by atoms with Gasteiger partial charge in [-0.15, -0.1) is 0 Å². The molecule has 1 saturated heterocycles. The SMILES string of the molecule is COC(=O)c1cccc(O[C@@H]2C[C@@H]3CN(c4noc(C(C)C)n4)C[C@@H]3C[C@H]2O)c1. The van der Waals surface area contributed by atoms with E-state index in [0.29, 0.717) is 41.4 Å². The maximum absolute atomic E-state index is 11.7. The second-order valence-electron chi connectivity index (χ2n) is 8.23. The second kappa shape index (κ2) is 8.02. The number of hydrogen-bond donors (Lipinski definition) is 1. The molecule has 29 heavy (non-hydrogen) atoms. The predicted molar refractivity (Wildman–Crippen MR) is 105 cm³/mol. The molecule has 2 aliphatic rings. The number of aliphatic hydroxyl groups is 1. The molecule has 1 aromatic heterocycles. The summed E-state index contributed by atoms with van der Waals surface area (Å²) in [4.78, 5) is 18.4. The summed E-state index contributed by atoms with van der Waals surface area (Å²) in [5, 5.41) is 14.8. The van der Waals surface area contributed by atoms with E-state index in [1.165, 1.54) is 7.11 Å². The van der Waals surface area contributed by atoms with Gasteiger partial charge < -0.3 is 24.0 Å². The largest absolute Gasteiger partial charge is 0.488 e. The molecule has 2 fully saturated rings.